The molecule has 0 N–H and O–H groups in total. The highest BCUT2D eigenvalue weighted by molar-refractivity contribution is 8.01. The fourth-order valence-electron chi connectivity index (χ4n) is 1.47. The largest absolute Gasteiger partial charge is 0.121 e. The predicted molar refractivity (Wildman–Crippen MR) is 64.4 cm³/mol. The molecule has 0 aliphatic heterocycles. The molecular weight excluding hydrogens is 188 g/mol. The molecule has 0 aliphatic carbocycles. The minimum Gasteiger partial charge on any atom is -0.121 e. The zero-order valence-corrected chi connectivity index (χ0v) is 9.05. The lowest BCUT2D eigenvalue weighted by Crippen LogP contribution is -1.76. The van der Waals surface area contributed by atoms with Crippen molar-refractivity contribution >= 4 is 22.5 Å². The van der Waals surface area contributed by atoms with Crippen LogP contribution in [0.25, 0.3) is 10.8 Å². The van der Waals surface area contributed by atoms with Gasteiger partial charge >= 0.3 is 0 Å². The third-order valence-corrected chi connectivity index (χ3v) is 3.24. The molecule has 0 unspecified atom stereocenters. The van der Waals surface area contributed by atoms with Crippen LogP contribution >= 0.6 is 11.8 Å². The lowest BCUT2D eigenvalue weighted by molar-refractivity contribution is 1.20. The molecule has 71 valence electrons. The third-order valence-electron chi connectivity index (χ3n) is 2.13. The fourth-order valence-corrected chi connectivity index (χ4v) is 2.29. The molecule has 2 aromatic rings. The summed E-state index contributed by atoms with van der Waals surface area (Å²) in [6.45, 7) is 2.16. The molecule has 1 heteroatoms. The van der Waals surface area contributed by atoms with E-state index in [2.05, 4.69) is 55.1 Å². The van der Waals surface area contributed by atoms with Crippen LogP contribution in [0.4, 0.5) is 0 Å². The summed E-state index contributed by atoms with van der Waals surface area (Å²) in [5, 5.41) is 2.67. The second kappa shape index (κ2) is 4.52. The first kappa shape index (κ1) is 9.60. The van der Waals surface area contributed by atoms with Crippen molar-refractivity contribution in [1.82, 2.24) is 0 Å². The zero-order valence-electron chi connectivity index (χ0n) is 8.23. The molecule has 0 aromatic heterocycles. The molecule has 0 heterocycles. The first-order chi connectivity index (χ1) is 6.92. The summed E-state index contributed by atoms with van der Waals surface area (Å²) in [7, 11) is 0. The normalized spacial score (nSPS) is 10.6. The Labute approximate surface area is 89.3 Å². The average Bonchev–Trinajstić information content (AvgIpc) is 2.26. The Morgan fingerprint density at radius 3 is 2.71 bits per heavy atom. The van der Waals surface area contributed by atoms with E-state index in [0.717, 1.165) is 6.42 Å². The van der Waals surface area contributed by atoms with Crippen LogP contribution in [0.5, 0.6) is 0 Å². The Balaban J connectivity index is 2.43. The van der Waals surface area contributed by atoms with Crippen molar-refractivity contribution in [3.05, 3.63) is 48.2 Å². The molecule has 1 radical (unpaired) electrons. The van der Waals surface area contributed by atoms with Gasteiger partial charge in [0.1, 0.15) is 0 Å². The number of hydrogen-bond acceptors (Lipinski definition) is 1. The molecule has 2 aromatic carbocycles. The number of hydrogen-bond donors (Lipinski definition) is 0. The molecule has 0 fully saturated rings. The fraction of sp³-hybridized carbons (Fsp3) is 0.154. The Morgan fingerprint density at radius 1 is 1.07 bits per heavy atom. The van der Waals surface area contributed by atoms with E-state index in [0.29, 0.717) is 0 Å². The third kappa shape index (κ3) is 1.93. The van der Waals surface area contributed by atoms with Gasteiger partial charge in [0.2, 0.25) is 0 Å². The second-order valence-electron chi connectivity index (χ2n) is 3.17. The van der Waals surface area contributed by atoms with Crippen LogP contribution in [0.15, 0.2) is 47.4 Å². The van der Waals surface area contributed by atoms with Crippen LogP contribution in [-0.4, -0.2) is 0 Å². The van der Waals surface area contributed by atoms with Gasteiger partial charge in [0.15, 0.2) is 0 Å². The van der Waals surface area contributed by atoms with E-state index in [-0.39, 0.29) is 0 Å². The Bertz CT molecular complexity index is 415. The topological polar surface area (TPSA) is 0 Å². The maximum atomic E-state index is 2.24. The van der Waals surface area contributed by atoms with Crippen molar-refractivity contribution in [2.45, 2.75) is 18.2 Å². The van der Waals surface area contributed by atoms with Crippen molar-refractivity contribution < 1.29 is 0 Å². The van der Waals surface area contributed by atoms with E-state index in [1.165, 1.54) is 15.7 Å². The van der Waals surface area contributed by atoms with Crippen LogP contribution in [0.3, 0.4) is 0 Å². The quantitative estimate of drug-likeness (QED) is 0.659. The molecule has 2 rings (SSSR count). The molecule has 14 heavy (non-hydrogen) atoms. The summed E-state index contributed by atoms with van der Waals surface area (Å²) < 4.78 is 0. The minimum atomic E-state index is 1.11. The van der Waals surface area contributed by atoms with Crippen LogP contribution < -0.4 is 0 Å². The van der Waals surface area contributed by atoms with E-state index in [1.807, 2.05) is 11.8 Å². The molecule has 0 saturated heterocycles. The number of benzene rings is 2. The smallest absolute Gasteiger partial charge is 0.0214 e. The van der Waals surface area contributed by atoms with Gasteiger partial charge in [-0.3, -0.25) is 0 Å². The SMILES string of the molecule is CC[CH]Sc1cccc2ccccc12. The van der Waals surface area contributed by atoms with Gasteiger partial charge in [-0.15, -0.1) is 11.8 Å². The van der Waals surface area contributed by atoms with Crippen LogP contribution in [0.1, 0.15) is 13.3 Å². The molecule has 0 saturated carbocycles. The summed E-state index contributed by atoms with van der Waals surface area (Å²) in [6, 6.07) is 15.0. The van der Waals surface area contributed by atoms with Gasteiger partial charge in [-0.05, 0) is 23.3 Å². The molecule has 0 aliphatic rings. The van der Waals surface area contributed by atoms with Gasteiger partial charge in [-0.2, -0.15) is 0 Å². The Kier molecular flexibility index (Phi) is 3.10. The van der Waals surface area contributed by atoms with Gasteiger partial charge in [-0.25, -0.2) is 0 Å². The van der Waals surface area contributed by atoms with Crippen molar-refractivity contribution in [2.75, 3.05) is 0 Å². The highest BCUT2D eigenvalue weighted by atomic mass is 32.2. The Morgan fingerprint density at radius 2 is 1.86 bits per heavy atom. The van der Waals surface area contributed by atoms with Crippen molar-refractivity contribution in [2.24, 2.45) is 0 Å². The van der Waals surface area contributed by atoms with E-state index < -0.39 is 0 Å². The number of thioether (sulfide) groups is 1. The number of fused-ring (bicyclic) bond motifs is 1. The zero-order chi connectivity index (χ0) is 9.80. The standard InChI is InChI=1S/C13H13S/c1-2-10-14-13-9-5-7-11-6-3-4-8-12(11)13/h3-10H,2H2,1H3. The van der Waals surface area contributed by atoms with E-state index in [9.17, 15) is 0 Å². The number of rotatable bonds is 3. The average molecular weight is 201 g/mol. The van der Waals surface area contributed by atoms with Gasteiger partial charge in [-0.1, -0.05) is 43.3 Å². The maximum Gasteiger partial charge on any atom is 0.0214 e. The molecule has 0 spiro atoms. The molecule has 0 bridgehead atoms. The van der Waals surface area contributed by atoms with Gasteiger partial charge < -0.3 is 0 Å². The molecular formula is C13H13S. The first-order valence-electron chi connectivity index (χ1n) is 4.88. The van der Waals surface area contributed by atoms with Crippen molar-refractivity contribution in [3.63, 3.8) is 0 Å². The van der Waals surface area contributed by atoms with Crippen molar-refractivity contribution in [1.29, 1.82) is 0 Å². The van der Waals surface area contributed by atoms with Gasteiger partial charge in [0.05, 0.1) is 0 Å². The lowest BCUT2D eigenvalue weighted by Gasteiger charge is -2.04. The van der Waals surface area contributed by atoms with Crippen LogP contribution in [-0.2, 0) is 0 Å². The second-order valence-corrected chi connectivity index (χ2v) is 4.18. The summed E-state index contributed by atoms with van der Waals surface area (Å²) in [4.78, 5) is 1.35. The van der Waals surface area contributed by atoms with E-state index >= 15 is 0 Å². The maximum absolute atomic E-state index is 2.24. The van der Waals surface area contributed by atoms with Gasteiger partial charge in [0, 0.05) is 10.6 Å². The predicted octanol–water partition coefficient (Wildman–Crippen LogP) is 4.50. The monoisotopic (exact) mass is 201 g/mol. The first-order valence-corrected chi connectivity index (χ1v) is 5.76. The molecule has 0 amide bonds. The van der Waals surface area contributed by atoms with Crippen molar-refractivity contribution in [3.8, 4) is 0 Å². The summed E-state index contributed by atoms with van der Waals surface area (Å²) in [6.07, 6.45) is 1.11. The Hall–Kier alpha value is -0.950. The van der Waals surface area contributed by atoms with Crippen LogP contribution in [0, 0.1) is 5.75 Å². The van der Waals surface area contributed by atoms with Gasteiger partial charge in [0.25, 0.3) is 0 Å². The summed E-state index contributed by atoms with van der Waals surface area (Å²) >= 11 is 1.82. The van der Waals surface area contributed by atoms with E-state index in [1.54, 1.807) is 0 Å². The summed E-state index contributed by atoms with van der Waals surface area (Å²) in [5.41, 5.74) is 0. The molecule has 0 atom stereocenters. The highest BCUT2D eigenvalue weighted by Crippen LogP contribution is 2.29. The minimum absolute atomic E-state index is 1.11. The van der Waals surface area contributed by atoms with Crippen LogP contribution in [0.2, 0.25) is 0 Å². The van der Waals surface area contributed by atoms with E-state index in [4.69, 9.17) is 0 Å². The lowest BCUT2D eigenvalue weighted by atomic mass is 10.1. The molecule has 0 nitrogen and oxygen atoms in total. The highest BCUT2D eigenvalue weighted by Gasteiger charge is 1.99. The summed E-state index contributed by atoms with van der Waals surface area (Å²) in [5.74, 6) is 2.24.